The summed E-state index contributed by atoms with van der Waals surface area (Å²) in [7, 11) is 0. The van der Waals surface area contributed by atoms with Crippen LogP contribution in [-0.2, 0) is 9.59 Å². The fourth-order valence-corrected chi connectivity index (χ4v) is 3.87. The molecule has 0 saturated carbocycles. The number of aliphatic carboxylic acids is 1. The number of hydrogen-bond acceptors (Lipinski definition) is 5. The maximum absolute atomic E-state index is 12.9. The Morgan fingerprint density at radius 1 is 1.27 bits per heavy atom. The molecule has 0 spiro atoms. The summed E-state index contributed by atoms with van der Waals surface area (Å²) in [6, 6.07) is 11.0. The number of aromatic nitrogens is 1. The summed E-state index contributed by atoms with van der Waals surface area (Å²) in [6.45, 7) is 2.00. The van der Waals surface area contributed by atoms with Crippen LogP contribution in [0.4, 0.5) is 0 Å². The summed E-state index contributed by atoms with van der Waals surface area (Å²) in [6.07, 6.45) is 2.23. The Morgan fingerprint density at radius 3 is 2.83 bits per heavy atom. The minimum absolute atomic E-state index is 0.0729. The predicted octanol–water partition coefficient (Wildman–Crippen LogP) is 4.72. The smallest absolute Gasteiger partial charge is 0.303 e. The molecule has 1 amide bonds. The Labute approximate surface area is 178 Å². The molecule has 8 heteroatoms. The van der Waals surface area contributed by atoms with Crippen molar-refractivity contribution >= 4 is 40.1 Å². The number of benzene rings is 1. The molecule has 1 aliphatic rings. The average Bonchev–Trinajstić information content (AvgIpc) is 3.37. The number of carboxylic acids is 1. The van der Waals surface area contributed by atoms with E-state index in [9.17, 15) is 9.59 Å². The summed E-state index contributed by atoms with van der Waals surface area (Å²) < 4.78 is 5.46. The number of carbonyl (C=O) groups excluding carboxylic acids is 1. The van der Waals surface area contributed by atoms with Crippen molar-refractivity contribution in [3.63, 3.8) is 0 Å². The Morgan fingerprint density at radius 2 is 2.10 bits per heavy atom. The van der Waals surface area contributed by atoms with E-state index in [1.807, 2.05) is 31.2 Å². The van der Waals surface area contributed by atoms with Crippen molar-refractivity contribution in [2.45, 2.75) is 38.6 Å². The van der Waals surface area contributed by atoms with Gasteiger partial charge >= 0.3 is 5.97 Å². The van der Waals surface area contributed by atoms with Gasteiger partial charge in [0.25, 0.3) is 0 Å². The maximum Gasteiger partial charge on any atom is 0.303 e. The van der Waals surface area contributed by atoms with Gasteiger partial charge in [0.15, 0.2) is 0 Å². The number of furan rings is 1. The van der Waals surface area contributed by atoms with Crippen LogP contribution in [0.25, 0.3) is 10.9 Å². The third-order valence-electron chi connectivity index (χ3n) is 5.06. The molecule has 1 aliphatic heterocycles. The van der Waals surface area contributed by atoms with Gasteiger partial charge < -0.3 is 9.52 Å². The van der Waals surface area contributed by atoms with E-state index in [0.29, 0.717) is 28.6 Å². The van der Waals surface area contributed by atoms with Crippen molar-refractivity contribution in [2.75, 3.05) is 0 Å². The van der Waals surface area contributed by atoms with Gasteiger partial charge in [-0.05, 0) is 43.7 Å². The number of carbonyl (C=O) groups is 2. The van der Waals surface area contributed by atoms with E-state index in [2.05, 4.69) is 10.1 Å². The van der Waals surface area contributed by atoms with Crippen molar-refractivity contribution in [3.8, 4) is 0 Å². The summed E-state index contributed by atoms with van der Waals surface area (Å²) in [5.74, 6) is -0.609. The molecule has 3 heterocycles. The van der Waals surface area contributed by atoms with Crippen LogP contribution in [0.2, 0.25) is 5.15 Å². The summed E-state index contributed by atoms with van der Waals surface area (Å²) in [5.41, 5.74) is 3.21. The molecule has 7 nitrogen and oxygen atoms in total. The number of pyridine rings is 1. The van der Waals surface area contributed by atoms with Gasteiger partial charge in [-0.15, -0.1) is 0 Å². The molecular formula is C22H20ClN3O4. The van der Waals surface area contributed by atoms with Crippen LogP contribution in [-0.4, -0.2) is 32.7 Å². The third kappa shape index (κ3) is 4.07. The molecule has 1 atom stereocenters. The zero-order valence-corrected chi connectivity index (χ0v) is 17.1. The minimum Gasteiger partial charge on any atom is -0.481 e. The number of hydrogen-bond donors (Lipinski definition) is 1. The molecule has 0 saturated heterocycles. The van der Waals surface area contributed by atoms with Crippen LogP contribution in [0.5, 0.6) is 0 Å². The van der Waals surface area contributed by atoms with Crippen LogP contribution in [0.1, 0.15) is 48.6 Å². The van der Waals surface area contributed by atoms with E-state index < -0.39 is 12.0 Å². The molecule has 0 unspecified atom stereocenters. The van der Waals surface area contributed by atoms with E-state index >= 15 is 0 Å². The van der Waals surface area contributed by atoms with Gasteiger partial charge in [0.05, 0.1) is 17.8 Å². The number of nitrogens with zero attached hydrogens (tertiary/aromatic N) is 3. The first kappa shape index (κ1) is 20.1. The van der Waals surface area contributed by atoms with E-state index in [1.54, 1.807) is 18.4 Å². The minimum atomic E-state index is -0.933. The molecule has 0 aliphatic carbocycles. The van der Waals surface area contributed by atoms with Crippen molar-refractivity contribution in [1.29, 1.82) is 0 Å². The summed E-state index contributed by atoms with van der Waals surface area (Å²) >= 11 is 6.51. The second-order valence-electron chi connectivity index (χ2n) is 7.29. The molecule has 0 fully saturated rings. The van der Waals surface area contributed by atoms with Crippen LogP contribution >= 0.6 is 11.6 Å². The fourth-order valence-electron chi connectivity index (χ4n) is 3.60. The van der Waals surface area contributed by atoms with Crippen LogP contribution in [0.15, 0.2) is 52.2 Å². The van der Waals surface area contributed by atoms with Gasteiger partial charge in [-0.1, -0.05) is 23.2 Å². The molecule has 0 radical (unpaired) electrons. The number of aryl methyl sites for hydroxylation is 1. The lowest BCUT2D eigenvalue weighted by Gasteiger charge is -2.23. The SMILES string of the molecule is Cc1ccc2nc(Cl)c([C@H]3CC(c4ccco4)=NN3C(=O)CCCC(=O)O)cc2c1. The molecule has 0 bridgehead atoms. The van der Waals surface area contributed by atoms with E-state index in [0.717, 1.165) is 16.5 Å². The summed E-state index contributed by atoms with van der Waals surface area (Å²) in [4.78, 5) is 28.2. The summed E-state index contributed by atoms with van der Waals surface area (Å²) in [5, 5.41) is 16.0. The van der Waals surface area contributed by atoms with Gasteiger partial charge in [0, 0.05) is 30.2 Å². The fraction of sp³-hybridized carbons (Fsp3) is 0.273. The Balaban J connectivity index is 1.69. The monoisotopic (exact) mass is 425 g/mol. The first-order valence-electron chi connectivity index (χ1n) is 9.64. The first-order chi connectivity index (χ1) is 14.4. The normalized spacial score (nSPS) is 16.1. The van der Waals surface area contributed by atoms with Crippen molar-refractivity contribution in [1.82, 2.24) is 9.99 Å². The predicted molar refractivity (Wildman–Crippen MR) is 112 cm³/mol. The molecule has 4 rings (SSSR count). The van der Waals surface area contributed by atoms with Gasteiger partial charge in [0.2, 0.25) is 5.91 Å². The molecule has 1 aromatic carbocycles. The lowest BCUT2D eigenvalue weighted by molar-refractivity contribution is -0.137. The van der Waals surface area contributed by atoms with E-state index in [1.165, 1.54) is 5.01 Å². The third-order valence-corrected chi connectivity index (χ3v) is 5.37. The highest BCUT2D eigenvalue weighted by atomic mass is 35.5. The van der Waals surface area contributed by atoms with Crippen molar-refractivity contribution in [2.24, 2.45) is 5.10 Å². The molecule has 154 valence electrons. The van der Waals surface area contributed by atoms with Crippen LogP contribution < -0.4 is 0 Å². The van der Waals surface area contributed by atoms with Gasteiger partial charge in [0.1, 0.15) is 16.6 Å². The first-order valence-corrected chi connectivity index (χ1v) is 10.0. The Bertz CT molecular complexity index is 1140. The largest absolute Gasteiger partial charge is 0.481 e. The maximum atomic E-state index is 12.9. The average molecular weight is 426 g/mol. The molecule has 2 aromatic heterocycles. The highest BCUT2D eigenvalue weighted by Gasteiger charge is 2.35. The van der Waals surface area contributed by atoms with Gasteiger partial charge in [-0.2, -0.15) is 5.10 Å². The molecule has 30 heavy (non-hydrogen) atoms. The molecule has 1 N–H and O–H groups in total. The lowest BCUT2D eigenvalue weighted by atomic mass is 10.00. The second-order valence-corrected chi connectivity index (χ2v) is 7.65. The van der Waals surface area contributed by atoms with Crippen LogP contribution in [0, 0.1) is 6.92 Å². The quantitative estimate of drug-likeness (QED) is 0.576. The lowest BCUT2D eigenvalue weighted by Crippen LogP contribution is -2.27. The zero-order chi connectivity index (χ0) is 21.3. The Kier molecular flexibility index (Phi) is 5.55. The number of rotatable bonds is 6. The number of fused-ring (bicyclic) bond motifs is 1. The standard InChI is InChI=1S/C22H20ClN3O4/c1-13-7-8-16-14(10-13)11-15(22(23)24-16)18-12-17(19-4-3-9-30-19)25-26(18)20(27)5-2-6-21(28)29/h3-4,7-11,18H,2,5-6,12H2,1H3,(H,28,29)/t18-/m1/s1. The van der Waals surface area contributed by atoms with Gasteiger partial charge in [-0.25, -0.2) is 9.99 Å². The van der Waals surface area contributed by atoms with E-state index in [-0.39, 0.29) is 25.2 Å². The van der Waals surface area contributed by atoms with Crippen molar-refractivity contribution in [3.05, 3.63) is 64.7 Å². The van der Waals surface area contributed by atoms with Crippen LogP contribution in [0.3, 0.4) is 0 Å². The number of hydrazone groups is 1. The number of halogens is 1. The second kappa shape index (κ2) is 8.28. The molecule has 3 aromatic rings. The number of amides is 1. The van der Waals surface area contributed by atoms with Gasteiger partial charge in [-0.3, -0.25) is 9.59 Å². The highest BCUT2D eigenvalue weighted by Crippen LogP contribution is 2.37. The highest BCUT2D eigenvalue weighted by molar-refractivity contribution is 6.30. The Hall–Kier alpha value is -3.19. The topological polar surface area (TPSA) is 96.0 Å². The number of carboxylic acid groups (broad SMARTS) is 1. The van der Waals surface area contributed by atoms with Crippen molar-refractivity contribution < 1.29 is 19.1 Å². The zero-order valence-electron chi connectivity index (χ0n) is 16.3. The van der Waals surface area contributed by atoms with E-state index in [4.69, 9.17) is 21.1 Å². The molecular weight excluding hydrogens is 406 g/mol.